The van der Waals surface area contributed by atoms with Gasteiger partial charge in [-0.15, -0.1) is 11.8 Å². The van der Waals surface area contributed by atoms with Crippen molar-refractivity contribution in [1.82, 2.24) is 4.90 Å². The van der Waals surface area contributed by atoms with Gasteiger partial charge in [-0.25, -0.2) is 0 Å². The van der Waals surface area contributed by atoms with Crippen LogP contribution in [0, 0.1) is 0 Å². The summed E-state index contributed by atoms with van der Waals surface area (Å²) in [5.74, 6) is 0.858. The molecule has 0 aliphatic rings. The van der Waals surface area contributed by atoms with Gasteiger partial charge in [0, 0.05) is 17.1 Å². The van der Waals surface area contributed by atoms with Crippen LogP contribution in [0.25, 0.3) is 0 Å². The van der Waals surface area contributed by atoms with Gasteiger partial charge in [0.25, 0.3) is 0 Å². The molecule has 1 amide bonds. The van der Waals surface area contributed by atoms with Crippen LogP contribution >= 0.6 is 11.8 Å². The summed E-state index contributed by atoms with van der Waals surface area (Å²) in [5.41, 5.74) is 1.99. The van der Waals surface area contributed by atoms with Crippen LogP contribution in [-0.2, 0) is 11.3 Å². The molecule has 0 saturated carbocycles. The van der Waals surface area contributed by atoms with E-state index >= 15 is 0 Å². The topological polar surface area (TPSA) is 41.6 Å². The maximum absolute atomic E-state index is 12.2. The number of carbonyl (C=O) groups excluding carboxylic acids is 1. The zero-order chi connectivity index (χ0) is 17.4. The molecule has 1 N–H and O–H groups in total. The van der Waals surface area contributed by atoms with Gasteiger partial charge in [-0.1, -0.05) is 18.2 Å². The Bertz CT molecular complexity index is 659. The summed E-state index contributed by atoms with van der Waals surface area (Å²) in [7, 11) is 1.94. The van der Waals surface area contributed by atoms with E-state index in [1.807, 2.05) is 73.7 Å². The molecule has 0 heterocycles. The Hall–Kier alpha value is -1.98. The molecule has 0 saturated heterocycles. The lowest BCUT2D eigenvalue weighted by Gasteiger charge is -2.17. The van der Waals surface area contributed by atoms with Gasteiger partial charge in [-0.2, -0.15) is 0 Å². The molecule has 0 fully saturated rings. The molecular formula is C19H24N2O2S. The summed E-state index contributed by atoms with van der Waals surface area (Å²) >= 11 is 1.66. The molecule has 0 aliphatic carbocycles. The Balaban J connectivity index is 1.84. The minimum absolute atomic E-state index is 0.0123. The summed E-state index contributed by atoms with van der Waals surface area (Å²) in [4.78, 5) is 15.3. The molecular weight excluding hydrogens is 320 g/mol. The highest BCUT2D eigenvalue weighted by molar-refractivity contribution is 7.98. The van der Waals surface area contributed by atoms with E-state index in [-0.39, 0.29) is 5.91 Å². The normalized spacial score (nSPS) is 10.7. The van der Waals surface area contributed by atoms with Crippen LogP contribution in [0.5, 0.6) is 5.75 Å². The number of hydrogen-bond acceptors (Lipinski definition) is 4. The molecule has 0 unspecified atom stereocenters. The molecule has 0 aliphatic heterocycles. The van der Waals surface area contributed by atoms with Crippen molar-refractivity contribution in [1.29, 1.82) is 0 Å². The van der Waals surface area contributed by atoms with Crippen molar-refractivity contribution < 1.29 is 9.53 Å². The first kappa shape index (κ1) is 18.4. The van der Waals surface area contributed by atoms with E-state index < -0.39 is 0 Å². The van der Waals surface area contributed by atoms with Crippen molar-refractivity contribution in [2.24, 2.45) is 0 Å². The largest absolute Gasteiger partial charge is 0.494 e. The van der Waals surface area contributed by atoms with Crippen molar-refractivity contribution in [2.45, 2.75) is 18.4 Å². The fourth-order valence-electron chi connectivity index (χ4n) is 2.37. The first-order valence-electron chi connectivity index (χ1n) is 7.95. The molecule has 2 aromatic carbocycles. The highest BCUT2D eigenvalue weighted by Gasteiger charge is 2.08. The summed E-state index contributed by atoms with van der Waals surface area (Å²) < 4.78 is 5.44. The molecule has 24 heavy (non-hydrogen) atoms. The number of carbonyl (C=O) groups is 1. The van der Waals surface area contributed by atoms with Crippen molar-refractivity contribution in [3.8, 4) is 5.75 Å². The number of anilines is 1. The number of rotatable bonds is 8. The summed E-state index contributed by atoms with van der Waals surface area (Å²) in [6.45, 7) is 3.69. The SMILES string of the molecule is CCOc1ccc(CN(C)CC(=O)Nc2cccc(SC)c2)cc1. The highest BCUT2D eigenvalue weighted by atomic mass is 32.2. The van der Waals surface area contributed by atoms with Gasteiger partial charge in [0.1, 0.15) is 5.75 Å². The lowest BCUT2D eigenvalue weighted by molar-refractivity contribution is -0.117. The third kappa shape index (κ3) is 5.91. The number of likely N-dealkylation sites (N-methyl/N-ethyl adjacent to an activating group) is 1. The predicted octanol–water partition coefficient (Wildman–Crippen LogP) is 3.88. The Morgan fingerprint density at radius 3 is 2.62 bits per heavy atom. The van der Waals surface area contributed by atoms with Gasteiger partial charge < -0.3 is 10.1 Å². The molecule has 0 spiro atoms. The van der Waals surface area contributed by atoms with Crippen LogP contribution in [0.1, 0.15) is 12.5 Å². The highest BCUT2D eigenvalue weighted by Crippen LogP contribution is 2.19. The Kier molecular flexibility index (Phi) is 7.15. The zero-order valence-electron chi connectivity index (χ0n) is 14.4. The summed E-state index contributed by atoms with van der Waals surface area (Å²) in [5, 5.41) is 2.95. The first-order chi connectivity index (χ1) is 11.6. The summed E-state index contributed by atoms with van der Waals surface area (Å²) in [6, 6.07) is 15.8. The van der Waals surface area contributed by atoms with E-state index in [9.17, 15) is 4.79 Å². The van der Waals surface area contributed by atoms with Crippen molar-refractivity contribution in [3.63, 3.8) is 0 Å². The molecule has 2 aromatic rings. The number of hydrogen-bond donors (Lipinski definition) is 1. The molecule has 128 valence electrons. The molecule has 0 aromatic heterocycles. The smallest absolute Gasteiger partial charge is 0.238 e. The van der Waals surface area contributed by atoms with Crippen LogP contribution in [0.3, 0.4) is 0 Å². The van der Waals surface area contributed by atoms with Gasteiger partial charge in [0.2, 0.25) is 5.91 Å². The average Bonchev–Trinajstić information content (AvgIpc) is 2.57. The number of nitrogens with one attached hydrogen (secondary N) is 1. The molecule has 0 atom stereocenters. The number of thioether (sulfide) groups is 1. The van der Waals surface area contributed by atoms with Crippen LogP contribution in [0.2, 0.25) is 0 Å². The van der Waals surface area contributed by atoms with Crippen LogP contribution in [0.15, 0.2) is 53.4 Å². The van der Waals surface area contributed by atoms with Crippen molar-refractivity contribution >= 4 is 23.4 Å². The Labute approximate surface area is 148 Å². The van der Waals surface area contributed by atoms with Crippen molar-refractivity contribution in [3.05, 3.63) is 54.1 Å². The number of amides is 1. The third-order valence-electron chi connectivity index (χ3n) is 3.45. The standard InChI is InChI=1S/C19H24N2O2S/c1-4-23-17-10-8-15(9-11-17)13-21(2)14-19(22)20-16-6-5-7-18(12-16)24-3/h5-12H,4,13-14H2,1-3H3,(H,20,22). The van der Waals surface area contributed by atoms with Gasteiger partial charge in [0.05, 0.1) is 13.2 Å². The zero-order valence-corrected chi connectivity index (χ0v) is 15.2. The molecule has 4 nitrogen and oxygen atoms in total. The molecule has 2 rings (SSSR count). The van der Waals surface area contributed by atoms with E-state index in [1.54, 1.807) is 11.8 Å². The van der Waals surface area contributed by atoms with E-state index in [4.69, 9.17) is 4.74 Å². The van der Waals surface area contributed by atoms with Gasteiger partial charge >= 0.3 is 0 Å². The van der Waals surface area contributed by atoms with Crippen LogP contribution < -0.4 is 10.1 Å². The van der Waals surface area contributed by atoms with Gasteiger partial charge in [0.15, 0.2) is 0 Å². The Morgan fingerprint density at radius 2 is 1.96 bits per heavy atom. The second-order valence-corrected chi connectivity index (χ2v) is 6.41. The maximum atomic E-state index is 12.2. The fourth-order valence-corrected chi connectivity index (χ4v) is 2.83. The lowest BCUT2D eigenvalue weighted by atomic mass is 10.2. The van der Waals surface area contributed by atoms with Crippen molar-refractivity contribution in [2.75, 3.05) is 31.8 Å². The number of nitrogens with zero attached hydrogens (tertiary/aromatic N) is 1. The molecule has 0 radical (unpaired) electrons. The van der Waals surface area contributed by atoms with Crippen LogP contribution in [-0.4, -0.2) is 37.3 Å². The van der Waals surface area contributed by atoms with E-state index in [0.717, 1.165) is 21.9 Å². The predicted molar refractivity (Wildman–Crippen MR) is 101 cm³/mol. The van der Waals surface area contributed by atoms with E-state index in [1.165, 1.54) is 0 Å². The maximum Gasteiger partial charge on any atom is 0.238 e. The first-order valence-corrected chi connectivity index (χ1v) is 9.17. The van der Waals surface area contributed by atoms with E-state index in [2.05, 4.69) is 5.32 Å². The van der Waals surface area contributed by atoms with E-state index in [0.29, 0.717) is 19.7 Å². The second kappa shape index (κ2) is 9.35. The number of ether oxygens (including phenoxy) is 1. The monoisotopic (exact) mass is 344 g/mol. The van der Waals surface area contributed by atoms with Crippen LogP contribution in [0.4, 0.5) is 5.69 Å². The third-order valence-corrected chi connectivity index (χ3v) is 4.18. The van der Waals surface area contributed by atoms with Gasteiger partial charge in [-0.05, 0) is 56.1 Å². The molecule has 5 heteroatoms. The minimum Gasteiger partial charge on any atom is -0.494 e. The fraction of sp³-hybridized carbons (Fsp3) is 0.316. The second-order valence-electron chi connectivity index (χ2n) is 5.53. The molecule has 0 bridgehead atoms. The Morgan fingerprint density at radius 1 is 1.21 bits per heavy atom. The quantitative estimate of drug-likeness (QED) is 0.738. The van der Waals surface area contributed by atoms with Gasteiger partial charge in [-0.3, -0.25) is 9.69 Å². The average molecular weight is 344 g/mol. The summed E-state index contributed by atoms with van der Waals surface area (Å²) in [6.07, 6.45) is 2.02. The lowest BCUT2D eigenvalue weighted by Crippen LogP contribution is -2.29. The minimum atomic E-state index is -0.0123. The number of benzene rings is 2.